The summed E-state index contributed by atoms with van der Waals surface area (Å²) < 4.78 is 2.02. The molecule has 0 unspecified atom stereocenters. The molecule has 0 atom stereocenters. The van der Waals surface area contributed by atoms with Crippen LogP contribution in [0.15, 0.2) is 0 Å². The molecule has 3 rings (SSSR count). The first kappa shape index (κ1) is 12.5. The number of aryl methyl sites for hydroxylation is 1. The molecule has 1 saturated heterocycles. The lowest BCUT2D eigenvalue weighted by Gasteiger charge is -2.31. The van der Waals surface area contributed by atoms with Gasteiger partial charge in [0.1, 0.15) is 0 Å². The molecule has 1 aromatic rings. The summed E-state index contributed by atoms with van der Waals surface area (Å²) in [5.74, 6) is 0.291. The SMILES string of the molecule is Cn1nc(N2CCC(C(=O)O)CC2)c2c1CCCC2. The summed E-state index contributed by atoms with van der Waals surface area (Å²) in [7, 11) is 2.03. The summed E-state index contributed by atoms with van der Waals surface area (Å²) in [5, 5.41) is 13.7. The smallest absolute Gasteiger partial charge is 0.306 e. The number of hydrogen-bond donors (Lipinski definition) is 1. The highest BCUT2D eigenvalue weighted by Gasteiger charge is 2.29. The van der Waals surface area contributed by atoms with E-state index in [0.29, 0.717) is 0 Å². The van der Waals surface area contributed by atoms with Crippen molar-refractivity contribution < 1.29 is 9.90 Å². The molecule has 1 fully saturated rings. The van der Waals surface area contributed by atoms with Gasteiger partial charge >= 0.3 is 5.97 Å². The normalized spacial score (nSPS) is 20.4. The third kappa shape index (κ3) is 2.22. The monoisotopic (exact) mass is 263 g/mol. The van der Waals surface area contributed by atoms with Gasteiger partial charge in [-0.25, -0.2) is 0 Å². The quantitative estimate of drug-likeness (QED) is 0.880. The number of piperidine rings is 1. The van der Waals surface area contributed by atoms with Crippen molar-refractivity contribution in [3.8, 4) is 0 Å². The second kappa shape index (κ2) is 4.87. The van der Waals surface area contributed by atoms with E-state index in [4.69, 9.17) is 5.11 Å². The first-order chi connectivity index (χ1) is 9.16. The van der Waals surface area contributed by atoms with Gasteiger partial charge < -0.3 is 10.0 Å². The number of aromatic nitrogens is 2. The van der Waals surface area contributed by atoms with Crippen molar-refractivity contribution in [3.63, 3.8) is 0 Å². The highest BCUT2D eigenvalue weighted by Crippen LogP contribution is 2.31. The molecule has 5 nitrogen and oxygen atoms in total. The molecular formula is C14H21N3O2. The molecule has 1 aliphatic heterocycles. The summed E-state index contributed by atoms with van der Waals surface area (Å²) in [4.78, 5) is 13.3. The van der Waals surface area contributed by atoms with E-state index in [9.17, 15) is 4.79 Å². The fraction of sp³-hybridized carbons (Fsp3) is 0.714. The van der Waals surface area contributed by atoms with Gasteiger partial charge in [-0.3, -0.25) is 9.48 Å². The number of hydrogen-bond acceptors (Lipinski definition) is 3. The van der Waals surface area contributed by atoms with Crippen molar-refractivity contribution >= 4 is 11.8 Å². The molecule has 0 amide bonds. The fourth-order valence-electron chi connectivity index (χ4n) is 3.34. The lowest BCUT2D eigenvalue weighted by molar-refractivity contribution is -0.142. The Bertz CT molecular complexity index is 487. The number of nitrogens with zero attached hydrogens (tertiary/aromatic N) is 3. The second-order valence-electron chi connectivity index (χ2n) is 5.68. The van der Waals surface area contributed by atoms with Crippen LogP contribution in [-0.2, 0) is 24.7 Å². The molecular weight excluding hydrogens is 242 g/mol. The summed E-state index contributed by atoms with van der Waals surface area (Å²) >= 11 is 0. The van der Waals surface area contributed by atoms with Crippen LogP contribution in [0.1, 0.15) is 36.9 Å². The van der Waals surface area contributed by atoms with Crippen molar-refractivity contribution in [3.05, 3.63) is 11.3 Å². The van der Waals surface area contributed by atoms with Crippen molar-refractivity contribution in [2.75, 3.05) is 18.0 Å². The van der Waals surface area contributed by atoms with Crippen molar-refractivity contribution in [1.29, 1.82) is 0 Å². The van der Waals surface area contributed by atoms with E-state index in [0.717, 1.165) is 44.6 Å². The minimum atomic E-state index is -0.650. The molecule has 1 aromatic heterocycles. The van der Waals surface area contributed by atoms with E-state index in [-0.39, 0.29) is 5.92 Å². The van der Waals surface area contributed by atoms with Crippen molar-refractivity contribution in [2.24, 2.45) is 13.0 Å². The Morgan fingerprint density at radius 2 is 1.95 bits per heavy atom. The van der Waals surface area contributed by atoms with Crippen LogP contribution in [0.2, 0.25) is 0 Å². The predicted octanol–water partition coefficient (Wildman–Crippen LogP) is 1.60. The number of carboxylic acid groups (broad SMARTS) is 1. The summed E-state index contributed by atoms with van der Waals surface area (Å²) in [6, 6.07) is 0. The van der Waals surface area contributed by atoms with Crippen LogP contribution in [0.5, 0.6) is 0 Å². The first-order valence-electron chi connectivity index (χ1n) is 7.19. The maximum Gasteiger partial charge on any atom is 0.306 e. The topological polar surface area (TPSA) is 58.4 Å². The van der Waals surface area contributed by atoms with Gasteiger partial charge in [0, 0.05) is 31.4 Å². The maximum absolute atomic E-state index is 11.0. The molecule has 0 saturated carbocycles. The zero-order chi connectivity index (χ0) is 13.4. The van der Waals surface area contributed by atoms with Crippen LogP contribution in [0.25, 0.3) is 0 Å². The van der Waals surface area contributed by atoms with E-state index in [2.05, 4.69) is 10.00 Å². The minimum Gasteiger partial charge on any atom is -0.481 e. The van der Waals surface area contributed by atoms with Gasteiger partial charge in [0.25, 0.3) is 0 Å². The van der Waals surface area contributed by atoms with Crippen LogP contribution in [0, 0.1) is 5.92 Å². The number of carbonyl (C=O) groups is 1. The molecule has 1 N–H and O–H groups in total. The van der Waals surface area contributed by atoms with Gasteiger partial charge in [0.05, 0.1) is 5.92 Å². The van der Waals surface area contributed by atoms with Gasteiger partial charge in [-0.05, 0) is 38.5 Å². The van der Waals surface area contributed by atoms with Gasteiger partial charge in [0.15, 0.2) is 5.82 Å². The molecule has 5 heteroatoms. The van der Waals surface area contributed by atoms with Crippen LogP contribution in [-0.4, -0.2) is 33.9 Å². The standard InChI is InChI=1S/C14H21N3O2/c1-16-12-5-3-2-4-11(12)13(15-16)17-8-6-10(7-9-17)14(18)19/h10H,2-9H2,1H3,(H,18,19). The lowest BCUT2D eigenvalue weighted by Crippen LogP contribution is -2.37. The van der Waals surface area contributed by atoms with E-state index in [1.54, 1.807) is 0 Å². The predicted molar refractivity (Wildman–Crippen MR) is 72.4 cm³/mol. The zero-order valence-corrected chi connectivity index (χ0v) is 11.4. The van der Waals surface area contributed by atoms with E-state index in [1.807, 2.05) is 11.7 Å². The van der Waals surface area contributed by atoms with Gasteiger partial charge in [-0.15, -0.1) is 0 Å². The molecule has 0 aromatic carbocycles. The first-order valence-corrected chi connectivity index (χ1v) is 7.19. The average Bonchev–Trinajstić information content (AvgIpc) is 2.77. The third-order valence-electron chi connectivity index (χ3n) is 4.49. The van der Waals surface area contributed by atoms with Crippen LogP contribution >= 0.6 is 0 Å². The molecule has 0 radical (unpaired) electrons. The number of carboxylic acids is 1. The number of anilines is 1. The largest absolute Gasteiger partial charge is 0.481 e. The minimum absolute atomic E-state index is 0.171. The zero-order valence-electron chi connectivity index (χ0n) is 11.4. The molecule has 2 heterocycles. The molecule has 0 spiro atoms. The van der Waals surface area contributed by atoms with E-state index in [1.165, 1.54) is 24.1 Å². The highest BCUT2D eigenvalue weighted by molar-refractivity contribution is 5.70. The molecule has 2 aliphatic rings. The second-order valence-corrected chi connectivity index (χ2v) is 5.68. The summed E-state index contributed by atoms with van der Waals surface area (Å²) in [5.41, 5.74) is 2.78. The fourth-order valence-corrected chi connectivity index (χ4v) is 3.34. The highest BCUT2D eigenvalue weighted by atomic mass is 16.4. The van der Waals surface area contributed by atoms with Crippen molar-refractivity contribution in [1.82, 2.24) is 9.78 Å². The van der Waals surface area contributed by atoms with E-state index < -0.39 is 5.97 Å². The molecule has 19 heavy (non-hydrogen) atoms. The lowest BCUT2D eigenvalue weighted by atomic mass is 9.94. The third-order valence-corrected chi connectivity index (χ3v) is 4.49. The van der Waals surface area contributed by atoms with Crippen LogP contribution in [0.4, 0.5) is 5.82 Å². The Balaban J connectivity index is 1.79. The Morgan fingerprint density at radius 3 is 2.63 bits per heavy atom. The van der Waals surface area contributed by atoms with Crippen LogP contribution in [0.3, 0.4) is 0 Å². The Kier molecular flexibility index (Phi) is 3.21. The van der Waals surface area contributed by atoms with Crippen LogP contribution < -0.4 is 4.90 Å². The molecule has 1 aliphatic carbocycles. The number of aliphatic carboxylic acids is 1. The number of fused-ring (bicyclic) bond motifs is 1. The van der Waals surface area contributed by atoms with Gasteiger partial charge in [0.2, 0.25) is 0 Å². The van der Waals surface area contributed by atoms with Crippen molar-refractivity contribution in [2.45, 2.75) is 38.5 Å². The van der Waals surface area contributed by atoms with Gasteiger partial charge in [-0.1, -0.05) is 0 Å². The average molecular weight is 263 g/mol. The Hall–Kier alpha value is -1.52. The summed E-state index contributed by atoms with van der Waals surface area (Å²) in [6.45, 7) is 1.64. The van der Waals surface area contributed by atoms with Gasteiger partial charge in [-0.2, -0.15) is 5.10 Å². The molecule has 104 valence electrons. The summed E-state index contributed by atoms with van der Waals surface area (Å²) in [6.07, 6.45) is 6.23. The Morgan fingerprint density at radius 1 is 1.26 bits per heavy atom. The molecule has 0 bridgehead atoms. The Labute approximate surface area is 113 Å². The number of rotatable bonds is 2. The van der Waals surface area contributed by atoms with E-state index >= 15 is 0 Å². The maximum atomic E-state index is 11.0.